The molecule has 1 heterocycles. The van der Waals surface area contributed by atoms with E-state index in [2.05, 4.69) is 194 Å². The molecule has 0 unspecified atom stereocenters. The summed E-state index contributed by atoms with van der Waals surface area (Å²) >= 11 is 0. The van der Waals surface area contributed by atoms with Crippen molar-refractivity contribution in [3.63, 3.8) is 0 Å². The number of rotatable bonds is 9. The molecule has 0 atom stereocenters. The lowest BCUT2D eigenvalue weighted by molar-refractivity contribution is 0.592. The van der Waals surface area contributed by atoms with Crippen LogP contribution >= 0.6 is 7.14 Å². The van der Waals surface area contributed by atoms with Crippen molar-refractivity contribution in [2.24, 2.45) is 0 Å². The number of fused-ring (bicyclic) bond motifs is 3. The third kappa shape index (κ3) is 7.33. The minimum Gasteiger partial charge on any atom is -0.309 e. The standard InChI is InChI=1S/C65H44NOP/c67-68(53-24-9-3-10-25-53,54-26-11-4-12-27-54)55-39-36-45(37-40-55)51-38-41-60-61(42-51)64(58-29-15-16-30-59(58)65(60)57-31-17-23-47-18-13-14-28-56(47)57)50-34-32-46(33-35-50)52-43-62(48-19-5-1-6-20-48)66-63(44-52)49-21-7-2-8-22-49/h1-44H. The van der Waals surface area contributed by atoms with Crippen LogP contribution in [0.5, 0.6) is 0 Å². The summed E-state index contributed by atoms with van der Waals surface area (Å²) in [5.41, 5.74) is 13.2. The first-order valence-corrected chi connectivity index (χ1v) is 24.8. The van der Waals surface area contributed by atoms with Gasteiger partial charge in [-0.3, -0.25) is 0 Å². The smallest absolute Gasteiger partial charge is 0.171 e. The highest BCUT2D eigenvalue weighted by atomic mass is 31.2. The first-order valence-electron chi connectivity index (χ1n) is 23.1. The Labute approximate surface area is 396 Å². The Morgan fingerprint density at radius 2 is 0.691 bits per heavy atom. The zero-order valence-electron chi connectivity index (χ0n) is 37.2. The molecule has 2 nitrogen and oxygen atoms in total. The summed E-state index contributed by atoms with van der Waals surface area (Å²) in [5.74, 6) is 0. The lowest BCUT2D eigenvalue weighted by atomic mass is 9.83. The molecule has 320 valence electrons. The second-order valence-corrected chi connectivity index (χ2v) is 20.1. The summed E-state index contributed by atoms with van der Waals surface area (Å²) in [5, 5.41) is 9.65. The largest absolute Gasteiger partial charge is 0.309 e. The van der Waals surface area contributed by atoms with E-state index in [1.165, 1.54) is 49.0 Å². The van der Waals surface area contributed by atoms with Gasteiger partial charge < -0.3 is 4.57 Å². The first kappa shape index (κ1) is 41.0. The van der Waals surface area contributed by atoms with E-state index in [0.717, 1.165) is 66.2 Å². The number of nitrogens with zero attached hydrogens (tertiary/aromatic N) is 1. The van der Waals surface area contributed by atoms with Crippen LogP contribution in [0.2, 0.25) is 0 Å². The molecular weight excluding hydrogens is 842 g/mol. The molecule has 0 fully saturated rings. The maximum Gasteiger partial charge on any atom is 0.171 e. The fraction of sp³-hybridized carbons (Fsp3) is 0. The number of hydrogen-bond acceptors (Lipinski definition) is 2. The summed E-state index contributed by atoms with van der Waals surface area (Å²) < 4.78 is 15.3. The van der Waals surface area contributed by atoms with Crippen LogP contribution in [0.3, 0.4) is 0 Å². The van der Waals surface area contributed by atoms with Gasteiger partial charge in [0.05, 0.1) is 11.4 Å². The molecule has 1 aromatic heterocycles. The van der Waals surface area contributed by atoms with E-state index in [1.54, 1.807) is 0 Å². The van der Waals surface area contributed by atoms with E-state index in [9.17, 15) is 0 Å². The zero-order chi connectivity index (χ0) is 45.4. The predicted molar refractivity (Wildman–Crippen MR) is 289 cm³/mol. The Balaban J connectivity index is 1.04. The van der Waals surface area contributed by atoms with Crippen LogP contribution in [-0.2, 0) is 4.57 Å². The first-order chi connectivity index (χ1) is 33.6. The minimum atomic E-state index is -3.13. The summed E-state index contributed by atoms with van der Waals surface area (Å²) in [6.07, 6.45) is 0. The van der Waals surface area contributed by atoms with Gasteiger partial charge in [-0.25, -0.2) is 4.98 Å². The molecule has 0 saturated carbocycles. The normalized spacial score (nSPS) is 11.6. The third-order valence-corrected chi connectivity index (χ3v) is 16.4. The minimum absolute atomic E-state index is 0.811. The van der Waals surface area contributed by atoms with E-state index in [0.29, 0.717) is 0 Å². The van der Waals surface area contributed by atoms with Crippen molar-refractivity contribution in [2.45, 2.75) is 0 Å². The molecule has 0 N–H and O–H groups in total. The Hall–Kier alpha value is -8.42. The molecule has 0 amide bonds. The highest BCUT2D eigenvalue weighted by molar-refractivity contribution is 7.85. The Morgan fingerprint density at radius 3 is 1.29 bits per heavy atom. The molecule has 0 bridgehead atoms. The van der Waals surface area contributed by atoms with Crippen molar-refractivity contribution in [2.75, 3.05) is 0 Å². The van der Waals surface area contributed by atoms with E-state index < -0.39 is 7.14 Å². The van der Waals surface area contributed by atoms with Gasteiger partial charge in [0, 0.05) is 27.0 Å². The van der Waals surface area contributed by atoms with Gasteiger partial charge in [-0.15, -0.1) is 0 Å². The van der Waals surface area contributed by atoms with Crippen LogP contribution in [0.15, 0.2) is 267 Å². The monoisotopic (exact) mass is 885 g/mol. The van der Waals surface area contributed by atoms with E-state index >= 15 is 4.57 Å². The van der Waals surface area contributed by atoms with Crippen molar-refractivity contribution in [3.8, 4) is 67.0 Å². The van der Waals surface area contributed by atoms with Crippen molar-refractivity contribution in [1.82, 2.24) is 4.98 Å². The van der Waals surface area contributed by atoms with Gasteiger partial charge in [-0.1, -0.05) is 249 Å². The second kappa shape index (κ2) is 17.4. The molecule has 68 heavy (non-hydrogen) atoms. The van der Waals surface area contributed by atoms with Crippen LogP contribution in [0, 0.1) is 0 Å². The van der Waals surface area contributed by atoms with E-state index in [4.69, 9.17) is 4.98 Å². The summed E-state index contributed by atoms with van der Waals surface area (Å²) in [7, 11) is -3.13. The van der Waals surface area contributed by atoms with Gasteiger partial charge in [0.1, 0.15) is 0 Å². The van der Waals surface area contributed by atoms with Gasteiger partial charge in [-0.2, -0.15) is 0 Å². The average molecular weight is 886 g/mol. The van der Waals surface area contributed by atoms with Gasteiger partial charge in [0.2, 0.25) is 0 Å². The van der Waals surface area contributed by atoms with Crippen LogP contribution in [-0.4, -0.2) is 4.98 Å². The van der Waals surface area contributed by atoms with Crippen LogP contribution in [0.4, 0.5) is 0 Å². The summed E-state index contributed by atoms with van der Waals surface area (Å²) in [4.78, 5) is 5.15. The molecular formula is C65H44NOP. The molecule has 12 aromatic rings. The molecule has 12 rings (SSSR count). The lowest BCUT2D eigenvalue weighted by Gasteiger charge is -2.21. The van der Waals surface area contributed by atoms with Crippen molar-refractivity contribution in [3.05, 3.63) is 267 Å². The SMILES string of the molecule is O=P(c1ccccc1)(c1ccccc1)c1ccc(-c2ccc3c(-c4cccc5ccccc45)c4ccccc4c(-c4ccc(-c5cc(-c6ccccc6)nc(-c6ccccc6)c5)cc4)c3c2)cc1. The van der Waals surface area contributed by atoms with Gasteiger partial charge in [0.25, 0.3) is 0 Å². The van der Waals surface area contributed by atoms with E-state index in [1.807, 2.05) is 72.8 Å². The molecule has 3 heteroatoms. The Kier molecular flexibility index (Phi) is 10.5. The Morgan fingerprint density at radius 1 is 0.265 bits per heavy atom. The van der Waals surface area contributed by atoms with Gasteiger partial charge >= 0.3 is 0 Å². The number of hydrogen-bond donors (Lipinski definition) is 0. The van der Waals surface area contributed by atoms with Crippen LogP contribution < -0.4 is 15.9 Å². The molecule has 0 saturated heterocycles. The van der Waals surface area contributed by atoms with Crippen LogP contribution in [0.25, 0.3) is 99.3 Å². The van der Waals surface area contributed by atoms with Crippen molar-refractivity contribution < 1.29 is 4.57 Å². The van der Waals surface area contributed by atoms with Crippen molar-refractivity contribution in [1.29, 1.82) is 0 Å². The highest BCUT2D eigenvalue weighted by Crippen LogP contribution is 2.47. The second-order valence-electron chi connectivity index (χ2n) is 17.3. The average Bonchev–Trinajstić information content (AvgIpc) is 3.43. The molecule has 0 aliphatic rings. The fourth-order valence-electron chi connectivity index (χ4n) is 10.0. The fourth-order valence-corrected chi connectivity index (χ4v) is 12.7. The third-order valence-electron chi connectivity index (χ3n) is 13.4. The maximum atomic E-state index is 15.3. The lowest BCUT2D eigenvalue weighted by Crippen LogP contribution is -2.24. The molecule has 0 spiro atoms. The van der Waals surface area contributed by atoms with Crippen LogP contribution in [0.1, 0.15) is 0 Å². The predicted octanol–water partition coefficient (Wildman–Crippen LogP) is 16.2. The van der Waals surface area contributed by atoms with Crippen molar-refractivity contribution >= 4 is 55.4 Å². The molecule has 11 aromatic carbocycles. The highest BCUT2D eigenvalue weighted by Gasteiger charge is 2.29. The molecule has 0 aliphatic carbocycles. The zero-order valence-corrected chi connectivity index (χ0v) is 38.1. The number of benzene rings is 11. The molecule has 0 radical (unpaired) electrons. The Bertz CT molecular complexity index is 3730. The quantitative estimate of drug-likeness (QED) is 0.107. The molecule has 0 aliphatic heterocycles. The topological polar surface area (TPSA) is 30.0 Å². The van der Waals surface area contributed by atoms with E-state index in [-0.39, 0.29) is 0 Å². The summed E-state index contributed by atoms with van der Waals surface area (Å²) in [6, 6.07) is 93.6. The maximum absolute atomic E-state index is 15.3. The number of aromatic nitrogens is 1. The van der Waals surface area contributed by atoms with Gasteiger partial charge in [0.15, 0.2) is 7.14 Å². The number of pyridine rings is 1. The summed E-state index contributed by atoms with van der Waals surface area (Å²) in [6.45, 7) is 0. The van der Waals surface area contributed by atoms with Gasteiger partial charge in [-0.05, 0) is 95.0 Å².